The summed E-state index contributed by atoms with van der Waals surface area (Å²) >= 11 is 3.03. The molecule has 0 aromatic carbocycles. The van der Waals surface area contributed by atoms with Gasteiger partial charge < -0.3 is 10.0 Å². The molecule has 23 heavy (non-hydrogen) atoms. The molecule has 8 heteroatoms. The molecule has 122 valence electrons. The standard InChI is InChI=1S/C15H17N3O3S2/c1-8-9(2)23-14-12(8)13(16-7-17-14)22-6-11(19)18-4-3-10(5-18)15(20)21/h7,10H,3-6H2,1-2H3,(H,20,21). The first-order valence-electron chi connectivity index (χ1n) is 7.31. The lowest BCUT2D eigenvalue weighted by molar-refractivity contribution is -0.141. The van der Waals surface area contributed by atoms with Gasteiger partial charge >= 0.3 is 5.97 Å². The van der Waals surface area contributed by atoms with Crippen molar-refractivity contribution in [2.45, 2.75) is 25.3 Å². The van der Waals surface area contributed by atoms with Crippen LogP contribution in [0.1, 0.15) is 16.9 Å². The molecule has 1 fully saturated rings. The largest absolute Gasteiger partial charge is 0.481 e. The number of carboxylic acids is 1. The Bertz CT molecular complexity index is 775. The number of aliphatic carboxylic acids is 1. The normalized spacial score (nSPS) is 17.8. The molecule has 1 amide bonds. The summed E-state index contributed by atoms with van der Waals surface area (Å²) in [5.74, 6) is -1.02. The van der Waals surface area contributed by atoms with Crippen LogP contribution >= 0.6 is 23.1 Å². The van der Waals surface area contributed by atoms with Gasteiger partial charge in [0.15, 0.2) is 0 Å². The molecule has 1 saturated heterocycles. The van der Waals surface area contributed by atoms with E-state index in [2.05, 4.69) is 16.9 Å². The summed E-state index contributed by atoms with van der Waals surface area (Å²) in [6, 6.07) is 0. The Hall–Kier alpha value is -1.67. The van der Waals surface area contributed by atoms with E-state index >= 15 is 0 Å². The maximum absolute atomic E-state index is 12.3. The number of rotatable bonds is 4. The van der Waals surface area contributed by atoms with E-state index in [0.717, 1.165) is 20.8 Å². The number of carbonyl (C=O) groups excluding carboxylic acids is 1. The molecule has 3 rings (SSSR count). The zero-order valence-corrected chi connectivity index (χ0v) is 14.5. The Morgan fingerprint density at radius 1 is 1.43 bits per heavy atom. The quantitative estimate of drug-likeness (QED) is 0.672. The highest BCUT2D eigenvalue weighted by Crippen LogP contribution is 2.34. The number of amides is 1. The minimum Gasteiger partial charge on any atom is -0.481 e. The molecule has 1 N–H and O–H groups in total. The summed E-state index contributed by atoms with van der Waals surface area (Å²) in [5.41, 5.74) is 1.16. The molecule has 1 atom stereocenters. The smallest absolute Gasteiger partial charge is 0.308 e. The van der Waals surface area contributed by atoms with Crippen LogP contribution in [-0.4, -0.2) is 50.7 Å². The average molecular weight is 351 g/mol. The molecule has 0 saturated carbocycles. The lowest BCUT2D eigenvalue weighted by Crippen LogP contribution is -2.31. The first-order valence-corrected chi connectivity index (χ1v) is 9.11. The first kappa shape index (κ1) is 16.2. The van der Waals surface area contributed by atoms with Crippen molar-refractivity contribution in [1.29, 1.82) is 0 Å². The third kappa shape index (κ3) is 3.18. The van der Waals surface area contributed by atoms with Crippen LogP contribution in [0.3, 0.4) is 0 Å². The van der Waals surface area contributed by atoms with Gasteiger partial charge in [-0.2, -0.15) is 0 Å². The van der Waals surface area contributed by atoms with Crippen LogP contribution < -0.4 is 0 Å². The lowest BCUT2D eigenvalue weighted by Gasteiger charge is -2.15. The molecule has 6 nitrogen and oxygen atoms in total. The van der Waals surface area contributed by atoms with Gasteiger partial charge in [0.05, 0.1) is 11.7 Å². The fourth-order valence-corrected chi connectivity index (χ4v) is 4.69. The zero-order chi connectivity index (χ0) is 16.6. The summed E-state index contributed by atoms with van der Waals surface area (Å²) in [7, 11) is 0. The Kier molecular flexibility index (Phi) is 4.54. The molecule has 0 bridgehead atoms. The molecule has 0 radical (unpaired) electrons. The predicted octanol–water partition coefficient (Wildman–Crippen LogP) is 2.33. The van der Waals surface area contributed by atoms with E-state index in [1.165, 1.54) is 23.0 Å². The Labute approximate surface area is 141 Å². The fraction of sp³-hybridized carbons (Fsp3) is 0.467. The van der Waals surface area contributed by atoms with E-state index in [1.807, 2.05) is 6.92 Å². The van der Waals surface area contributed by atoms with Gasteiger partial charge in [0.2, 0.25) is 5.91 Å². The number of fused-ring (bicyclic) bond motifs is 1. The third-order valence-corrected chi connectivity index (χ3v) is 6.24. The molecular weight excluding hydrogens is 334 g/mol. The summed E-state index contributed by atoms with van der Waals surface area (Å²) in [5, 5.41) is 10.9. The van der Waals surface area contributed by atoms with Gasteiger partial charge in [0.25, 0.3) is 0 Å². The van der Waals surface area contributed by atoms with E-state index in [1.54, 1.807) is 16.2 Å². The number of likely N-dealkylation sites (tertiary alicyclic amines) is 1. The molecule has 0 spiro atoms. The number of hydrogen-bond acceptors (Lipinski definition) is 6. The average Bonchev–Trinajstić information content (AvgIpc) is 3.11. The van der Waals surface area contributed by atoms with Gasteiger partial charge in [-0.3, -0.25) is 9.59 Å². The second-order valence-corrected chi connectivity index (χ2v) is 7.76. The highest BCUT2D eigenvalue weighted by Gasteiger charge is 2.30. The molecule has 1 aliphatic heterocycles. The van der Waals surface area contributed by atoms with Gasteiger partial charge in [0.1, 0.15) is 16.2 Å². The van der Waals surface area contributed by atoms with Gasteiger partial charge in [-0.25, -0.2) is 9.97 Å². The molecule has 1 unspecified atom stereocenters. The summed E-state index contributed by atoms with van der Waals surface area (Å²) in [4.78, 5) is 35.7. The van der Waals surface area contributed by atoms with Crippen LogP contribution in [0, 0.1) is 19.8 Å². The van der Waals surface area contributed by atoms with Crippen LogP contribution in [0.25, 0.3) is 10.2 Å². The highest BCUT2D eigenvalue weighted by atomic mass is 32.2. The van der Waals surface area contributed by atoms with E-state index < -0.39 is 11.9 Å². The SMILES string of the molecule is Cc1sc2ncnc(SCC(=O)N3CCC(C(=O)O)C3)c2c1C. The number of thiophene rings is 1. The van der Waals surface area contributed by atoms with Crippen LogP contribution in [0.4, 0.5) is 0 Å². The number of carbonyl (C=O) groups is 2. The minimum atomic E-state index is -0.824. The van der Waals surface area contributed by atoms with Gasteiger partial charge in [0, 0.05) is 23.4 Å². The van der Waals surface area contributed by atoms with Crippen LogP contribution in [0.2, 0.25) is 0 Å². The van der Waals surface area contributed by atoms with Crippen LogP contribution in [0.5, 0.6) is 0 Å². The van der Waals surface area contributed by atoms with Crippen molar-refractivity contribution < 1.29 is 14.7 Å². The molecule has 2 aromatic heterocycles. The minimum absolute atomic E-state index is 0.0323. The van der Waals surface area contributed by atoms with Crippen LogP contribution in [0.15, 0.2) is 11.4 Å². The topological polar surface area (TPSA) is 83.4 Å². The highest BCUT2D eigenvalue weighted by molar-refractivity contribution is 8.00. The maximum atomic E-state index is 12.3. The number of aromatic nitrogens is 2. The van der Waals surface area contributed by atoms with Gasteiger partial charge in [-0.15, -0.1) is 11.3 Å². The first-order chi connectivity index (χ1) is 11.0. The third-order valence-electron chi connectivity index (χ3n) is 4.15. The number of nitrogens with zero attached hydrogens (tertiary/aromatic N) is 3. The van der Waals surface area contributed by atoms with Gasteiger partial charge in [-0.1, -0.05) is 11.8 Å². The maximum Gasteiger partial charge on any atom is 0.308 e. The summed E-state index contributed by atoms with van der Waals surface area (Å²) in [6.45, 7) is 4.93. The Morgan fingerprint density at radius 2 is 2.22 bits per heavy atom. The van der Waals surface area contributed by atoms with Crippen molar-refractivity contribution >= 4 is 45.2 Å². The van der Waals surface area contributed by atoms with Crippen LogP contribution in [-0.2, 0) is 9.59 Å². The number of hydrogen-bond donors (Lipinski definition) is 1. The predicted molar refractivity (Wildman–Crippen MR) is 89.9 cm³/mol. The summed E-state index contributed by atoms with van der Waals surface area (Å²) < 4.78 is 0. The number of aryl methyl sites for hydroxylation is 2. The fourth-order valence-electron chi connectivity index (χ4n) is 2.67. The monoisotopic (exact) mass is 351 g/mol. The van der Waals surface area contributed by atoms with E-state index in [4.69, 9.17) is 5.11 Å². The molecule has 0 aliphatic carbocycles. The van der Waals surface area contributed by atoms with E-state index in [9.17, 15) is 9.59 Å². The van der Waals surface area contributed by atoms with Crippen molar-refractivity contribution in [3.8, 4) is 0 Å². The molecular formula is C15H17N3O3S2. The molecule has 3 heterocycles. The molecule has 2 aromatic rings. The molecule has 1 aliphatic rings. The summed E-state index contributed by atoms with van der Waals surface area (Å²) in [6.07, 6.45) is 2.06. The van der Waals surface area contributed by atoms with Crippen molar-refractivity contribution in [2.24, 2.45) is 5.92 Å². The van der Waals surface area contributed by atoms with Gasteiger partial charge in [-0.05, 0) is 25.8 Å². The van der Waals surface area contributed by atoms with E-state index in [0.29, 0.717) is 19.5 Å². The van der Waals surface area contributed by atoms with Crippen molar-refractivity contribution in [3.63, 3.8) is 0 Å². The number of thioether (sulfide) groups is 1. The lowest BCUT2D eigenvalue weighted by atomic mass is 10.1. The zero-order valence-electron chi connectivity index (χ0n) is 12.9. The number of carboxylic acid groups (broad SMARTS) is 1. The van der Waals surface area contributed by atoms with Crippen molar-refractivity contribution in [2.75, 3.05) is 18.8 Å². The Balaban J connectivity index is 1.69. The van der Waals surface area contributed by atoms with Crippen molar-refractivity contribution in [3.05, 3.63) is 16.8 Å². The second kappa shape index (κ2) is 6.45. The van der Waals surface area contributed by atoms with E-state index in [-0.39, 0.29) is 11.7 Å². The Morgan fingerprint density at radius 3 is 2.91 bits per heavy atom. The second-order valence-electron chi connectivity index (χ2n) is 5.59. The van der Waals surface area contributed by atoms with Crippen molar-refractivity contribution in [1.82, 2.24) is 14.9 Å².